The maximum Gasteiger partial charge on any atom is 0.205 e. The average Bonchev–Trinajstić information content (AvgIpc) is 2.95. The number of hydrogen-bond acceptors (Lipinski definition) is 4. The van der Waals surface area contributed by atoms with Crippen molar-refractivity contribution in [1.29, 1.82) is 0 Å². The highest BCUT2D eigenvalue weighted by molar-refractivity contribution is 7.22. The lowest BCUT2D eigenvalue weighted by atomic mass is 10.0. The van der Waals surface area contributed by atoms with Crippen LogP contribution in [0.25, 0.3) is 10.2 Å². The molecule has 1 aliphatic rings. The van der Waals surface area contributed by atoms with E-state index in [1.54, 1.807) is 17.4 Å². The molecule has 0 N–H and O–H groups in total. The molecule has 3 rings (SSSR count). The first-order valence-electron chi connectivity index (χ1n) is 7.78. The van der Waals surface area contributed by atoms with Crippen molar-refractivity contribution >= 4 is 26.7 Å². The van der Waals surface area contributed by atoms with Gasteiger partial charge in [0.1, 0.15) is 5.52 Å². The van der Waals surface area contributed by atoms with E-state index in [0.717, 1.165) is 36.0 Å². The highest BCUT2D eigenvalue weighted by atomic mass is 32.1. The van der Waals surface area contributed by atoms with Crippen LogP contribution in [0.1, 0.15) is 26.7 Å². The first kappa shape index (κ1) is 14.6. The van der Waals surface area contributed by atoms with Crippen LogP contribution in [0, 0.1) is 0 Å². The Hall–Kier alpha value is -1.33. The minimum Gasteiger partial charge on any atom is -0.348 e. The topological polar surface area (TPSA) is 39.3 Å². The molecule has 1 saturated heterocycles. The van der Waals surface area contributed by atoms with Crippen LogP contribution < -0.4 is 4.90 Å². The Morgan fingerprint density at radius 2 is 2.00 bits per heavy atom. The fourth-order valence-electron chi connectivity index (χ4n) is 3.21. The Morgan fingerprint density at radius 1 is 1.29 bits per heavy atom. The zero-order chi connectivity index (χ0) is 14.8. The van der Waals surface area contributed by atoms with Crippen LogP contribution >= 0.6 is 11.3 Å². The molecule has 1 aliphatic heterocycles. The molecule has 0 amide bonds. The Labute approximate surface area is 130 Å². The van der Waals surface area contributed by atoms with Crippen LogP contribution in [0.4, 0.5) is 5.13 Å². The number of piperidine rings is 1. The van der Waals surface area contributed by atoms with E-state index in [0.29, 0.717) is 11.6 Å². The Balaban J connectivity index is 1.72. The fraction of sp³-hybridized carbons (Fsp3) is 0.562. The number of fused-ring (bicyclic) bond motifs is 1. The van der Waals surface area contributed by atoms with Gasteiger partial charge in [-0.25, -0.2) is 4.98 Å². The van der Waals surface area contributed by atoms with Crippen LogP contribution in [0.5, 0.6) is 5.75 Å². The van der Waals surface area contributed by atoms with Crippen molar-refractivity contribution in [2.45, 2.75) is 32.7 Å². The third-order valence-corrected chi connectivity index (χ3v) is 5.52. The monoisotopic (exact) mass is 304 g/mol. The smallest absolute Gasteiger partial charge is 0.205 e. The third kappa shape index (κ3) is 2.85. The van der Waals surface area contributed by atoms with Gasteiger partial charge in [0, 0.05) is 19.1 Å². The summed E-state index contributed by atoms with van der Waals surface area (Å²) in [7, 11) is 0. The molecular weight excluding hydrogens is 282 g/mol. The molecule has 0 unspecified atom stereocenters. The van der Waals surface area contributed by atoms with Gasteiger partial charge in [0.05, 0.1) is 4.70 Å². The van der Waals surface area contributed by atoms with Gasteiger partial charge in [0.25, 0.3) is 0 Å². The summed E-state index contributed by atoms with van der Waals surface area (Å²) < 4.78 is 1.00. The van der Waals surface area contributed by atoms with Crippen LogP contribution in [0.3, 0.4) is 0 Å². The molecular formula is C16H22N3OS. The Kier molecular flexibility index (Phi) is 4.31. The van der Waals surface area contributed by atoms with Crippen LogP contribution in [-0.4, -0.2) is 42.1 Å². The molecule has 2 heterocycles. The second-order valence-electron chi connectivity index (χ2n) is 5.54. The van der Waals surface area contributed by atoms with Crippen molar-refractivity contribution in [2.24, 2.45) is 0 Å². The van der Waals surface area contributed by atoms with Crippen molar-refractivity contribution in [3.05, 3.63) is 18.2 Å². The molecule has 113 valence electrons. The number of para-hydroxylation sites is 1. The van der Waals surface area contributed by atoms with E-state index in [1.807, 2.05) is 12.1 Å². The summed E-state index contributed by atoms with van der Waals surface area (Å²) in [5.41, 5.74) is 0.628. The van der Waals surface area contributed by atoms with Gasteiger partial charge in [-0.1, -0.05) is 31.3 Å². The number of nitrogens with zero attached hydrogens (tertiary/aromatic N) is 3. The number of anilines is 1. The van der Waals surface area contributed by atoms with Gasteiger partial charge in [-0.3, -0.25) is 5.11 Å². The minimum atomic E-state index is 0.0352. The van der Waals surface area contributed by atoms with E-state index in [-0.39, 0.29) is 5.75 Å². The Bertz CT molecular complexity index is 601. The number of aromatic nitrogens is 1. The van der Waals surface area contributed by atoms with Gasteiger partial charge in [-0.05, 0) is 38.1 Å². The van der Waals surface area contributed by atoms with Gasteiger partial charge in [0.15, 0.2) is 5.13 Å². The second-order valence-corrected chi connectivity index (χ2v) is 6.55. The largest absolute Gasteiger partial charge is 0.348 e. The summed E-state index contributed by atoms with van der Waals surface area (Å²) in [5.74, 6) is 0.0352. The second kappa shape index (κ2) is 6.20. The summed E-state index contributed by atoms with van der Waals surface area (Å²) >= 11 is 1.64. The van der Waals surface area contributed by atoms with Crippen molar-refractivity contribution in [2.75, 3.05) is 31.1 Å². The van der Waals surface area contributed by atoms with Crippen LogP contribution in [-0.2, 0) is 5.11 Å². The lowest BCUT2D eigenvalue weighted by molar-refractivity contribution is 0.186. The molecule has 1 radical (unpaired) electrons. The predicted molar refractivity (Wildman–Crippen MR) is 87.9 cm³/mol. The average molecular weight is 304 g/mol. The number of hydrogen-bond donors (Lipinski definition) is 0. The lowest BCUT2D eigenvalue weighted by Gasteiger charge is -2.37. The van der Waals surface area contributed by atoms with E-state index in [1.165, 1.54) is 12.8 Å². The van der Waals surface area contributed by atoms with Crippen molar-refractivity contribution in [1.82, 2.24) is 9.88 Å². The van der Waals surface area contributed by atoms with Crippen LogP contribution in [0.15, 0.2) is 18.2 Å². The van der Waals surface area contributed by atoms with Crippen molar-refractivity contribution in [3.8, 4) is 5.75 Å². The molecule has 0 atom stereocenters. The van der Waals surface area contributed by atoms with Gasteiger partial charge in [-0.15, -0.1) is 0 Å². The molecule has 1 aromatic carbocycles. The van der Waals surface area contributed by atoms with Crippen LogP contribution in [0.2, 0.25) is 0 Å². The molecule has 1 fully saturated rings. The molecule has 4 nitrogen and oxygen atoms in total. The highest BCUT2D eigenvalue weighted by Crippen LogP contribution is 2.35. The van der Waals surface area contributed by atoms with Gasteiger partial charge in [-0.2, -0.15) is 0 Å². The number of benzene rings is 1. The summed E-state index contributed by atoms with van der Waals surface area (Å²) in [6.07, 6.45) is 2.36. The van der Waals surface area contributed by atoms with E-state index >= 15 is 0 Å². The highest BCUT2D eigenvalue weighted by Gasteiger charge is 2.24. The van der Waals surface area contributed by atoms with E-state index < -0.39 is 0 Å². The van der Waals surface area contributed by atoms with Crippen molar-refractivity contribution in [3.63, 3.8) is 0 Å². The summed E-state index contributed by atoms with van der Waals surface area (Å²) in [6.45, 7) is 8.80. The first-order valence-corrected chi connectivity index (χ1v) is 8.60. The zero-order valence-electron chi connectivity index (χ0n) is 12.7. The predicted octanol–water partition coefficient (Wildman–Crippen LogP) is 3.75. The maximum atomic E-state index is 11.8. The van der Waals surface area contributed by atoms with Gasteiger partial charge < -0.3 is 9.80 Å². The summed E-state index contributed by atoms with van der Waals surface area (Å²) in [4.78, 5) is 9.45. The van der Waals surface area contributed by atoms with E-state index in [2.05, 4.69) is 28.6 Å². The fourth-order valence-corrected chi connectivity index (χ4v) is 4.24. The molecule has 1 aromatic heterocycles. The molecule has 0 bridgehead atoms. The molecule has 5 heteroatoms. The number of rotatable bonds is 4. The normalized spacial score (nSPS) is 17.0. The third-order valence-electron chi connectivity index (χ3n) is 4.43. The summed E-state index contributed by atoms with van der Waals surface area (Å²) in [5, 5.41) is 12.8. The van der Waals surface area contributed by atoms with Gasteiger partial charge >= 0.3 is 0 Å². The lowest BCUT2D eigenvalue weighted by Crippen LogP contribution is -2.44. The van der Waals surface area contributed by atoms with Gasteiger partial charge in [0.2, 0.25) is 5.75 Å². The first-order chi connectivity index (χ1) is 10.2. The number of thiazole rings is 1. The van der Waals surface area contributed by atoms with E-state index in [9.17, 15) is 5.11 Å². The Morgan fingerprint density at radius 3 is 2.62 bits per heavy atom. The van der Waals surface area contributed by atoms with Crippen molar-refractivity contribution < 1.29 is 5.11 Å². The minimum absolute atomic E-state index is 0.0352. The standard InChI is InChI=1S/C16H22N3OS/c1-3-18(4-2)12-8-10-19(11-9-12)16-17-15-13(20)6-5-7-14(15)21-16/h5-7,12H,3-4,8-11H2,1-2H3. The molecule has 21 heavy (non-hydrogen) atoms. The van der Waals surface area contributed by atoms with E-state index in [4.69, 9.17) is 0 Å². The molecule has 2 aromatic rings. The quantitative estimate of drug-likeness (QED) is 0.863. The molecule has 0 aliphatic carbocycles. The molecule has 0 saturated carbocycles. The maximum absolute atomic E-state index is 11.8. The SMILES string of the molecule is CCN(CC)C1CCN(c2nc3c([O])cccc3s2)CC1. The zero-order valence-corrected chi connectivity index (χ0v) is 13.5. The molecule has 0 spiro atoms. The summed E-state index contributed by atoms with van der Waals surface area (Å²) in [6, 6.07) is 6.10.